The number of hydrogen-bond acceptors (Lipinski definition) is 4. The van der Waals surface area contributed by atoms with Crippen molar-refractivity contribution in [3.05, 3.63) is 42.5 Å². The van der Waals surface area contributed by atoms with Gasteiger partial charge in [0.1, 0.15) is 12.4 Å². The number of likely N-dealkylation sites (tertiary alicyclic amines) is 1. The monoisotopic (exact) mass is 345 g/mol. The van der Waals surface area contributed by atoms with Crippen molar-refractivity contribution in [2.24, 2.45) is 10.9 Å². The number of rotatable bonds is 6. The molecule has 136 valence electrons. The maximum absolute atomic E-state index is 11.6. The summed E-state index contributed by atoms with van der Waals surface area (Å²) in [5, 5.41) is 3.38. The topological polar surface area (TPSA) is 63.2 Å². The molecule has 1 heterocycles. The van der Waals surface area contributed by atoms with Gasteiger partial charge in [-0.2, -0.15) is 0 Å². The third-order valence-electron chi connectivity index (χ3n) is 4.31. The smallest absolute Gasteiger partial charge is 0.308 e. The minimum Gasteiger partial charge on any atom is -0.489 e. The van der Waals surface area contributed by atoms with Crippen molar-refractivity contribution >= 4 is 11.9 Å². The van der Waals surface area contributed by atoms with Gasteiger partial charge in [-0.15, -0.1) is 0 Å². The summed E-state index contributed by atoms with van der Waals surface area (Å²) < 4.78 is 10.5. The van der Waals surface area contributed by atoms with E-state index in [9.17, 15) is 4.79 Å². The Balaban J connectivity index is 1.91. The number of carbonyl (C=O) groups excluding carboxylic acids is 1. The highest BCUT2D eigenvalue weighted by Gasteiger charge is 2.26. The van der Waals surface area contributed by atoms with Gasteiger partial charge in [0, 0.05) is 32.2 Å². The molecule has 0 unspecified atom stereocenters. The van der Waals surface area contributed by atoms with Crippen LogP contribution in [0.3, 0.4) is 0 Å². The second kappa shape index (κ2) is 9.71. The van der Waals surface area contributed by atoms with Crippen molar-refractivity contribution in [1.82, 2.24) is 10.2 Å². The first-order valence-electron chi connectivity index (χ1n) is 8.54. The number of hydrogen-bond donors (Lipinski definition) is 1. The number of nitrogens with zero attached hydrogens (tertiary/aromatic N) is 2. The largest absolute Gasteiger partial charge is 0.489 e. The second-order valence-corrected chi connectivity index (χ2v) is 5.89. The fourth-order valence-corrected chi connectivity index (χ4v) is 2.94. The molecule has 1 aliphatic heterocycles. The summed E-state index contributed by atoms with van der Waals surface area (Å²) in [7, 11) is 3.22. The van der Waals surface area contributed by atoms with Crippen LogP contribution >= 0.6 is 0 Å². The zero-order valence-corrected chi connectivity index (χ0v) is 15.0. The summed E-state index contributed by atoms with van der Waals surface area (Å²) >= 11 is 0. The van der Waals surface area contributed by atoms with Gasteiger partial charge in [-0.05, 0) is 18.9 Å². The zero-order chi connectivity index (χ0) is 18.1. The van der Waals surface area contributed by atoms with E-state index in [-0.39, 0.29) is 11.9 Å². The Morgan fingerprint density at radius 1 is 1.40 bits per heavy atom. The van der Waals surface area contributed by atoms with Gasteiger partial charge in [0.25, 0.3) is 0 Å². The summed E-state index contributed by atoms with van der Waals surface area (Å²) in [6.45, 7) is 6.35. The van der Waals surface area contributed by atoms with Gasteiger partial charge < -0.3 is 19.7 Å². The first-order valence-corrected chi connectivity index (χ1v) is 8.54. The number of ether oxygens (including phenoxy) is 2. The number of aliphatic imine (C=N–C) groups is 1. The van der Waals surface area contributed by atoms with Crippen molar-refractivity contribution in [2.75, 3.05) is 33.9 Å². The molecule has 6 heteroatoms. The van der Waals surface area contributed by atoms with E-state index < -0.39 is 0 Å². The normalized spacial score (nSPS) is 15.6. The van der Waals surface area contributed by atoms with Crippen LogP contribution in [0.25, 0.3) is 0 Å². The first-order chi connectivity index (χ1) is 12.2. The zero-order valence-electron chi connectivity index (χ0n) is 15.0. The molecular formula is C19H27N3O3. The number of nitrogens with one attached hydrogen (secondary N) is 1. The molecular weight excluding hydrogens is 318 g/mol. The molecule has 1 aliphatic rings. The van der Waals surface area contributed by atoms with Gasteiger partial charge in [-0.25, -0.2) is 0 Å². The van der Waals surface area contributed by atoms with Crippen LogP contribution in [0.2, 0.25) is 0 Å². The van der Waals surface area contributed by atoms with E-state index in [0.717, 1.165) is 43.2 Å². The van der Waals surface area contributed by atoms with Gasteiger partial charge >= 0.3 is 5.97 Å². The lowest BCUT2D eigenvalue weighted by molar-refractivity contribution is -0.146. The van der Waals surface area contributed by atoms with Gasteiger partial charge in [0.15, 0.2) is 5.96 Å². The van der Waals surface area contributed by atoms with Gasteiger partial charge in [-0.1, -0.05) is 30.9 Å². The number of esters is 1. The molecule has 1 saturated heterocycles. The van der Waals surface area contributed by atoms with Crippen molar-refractivity contribution in [2.45, 2.75) is 19.4 Å². The number of piperidine rings is 1. The summed E-state index contributed by atoms with van der Waals surface area (Å²) in [5.74, 6) is 1.56. The average Bonchev–Trinajstić information content (AvgIpc) is 2.67. The summed E-state index contributed by atoms with van der Waals surface area (Å²) in [6, 6.07) is 7.92. The number of para-hydroxylation sites is 1. The molecule has 1 aromatic carbocycles. The molecule has 0 aliphatic carbocycles. The molecule has 1 fully saturated rings. The molecule has 0 bridgehead atoms. The number of guanidine groups is 1. The van der Waals surface area contributed by atoms with Gasteiger partial charge in [0.05, 0.1) is 13.0 Å². The molecule has 25 heavy (non-hydrogen) atoms. The van der Waals surface area contributed by atoms with Crippen LogP contribution in [0, 0.1) is 5.92 Å². The molecule has 1 N–H and O–H groups in total. The highest BCUT2D eigenvalue weighted by Crippen LogP contribution is 2.20. The lowest BCUT2D eigenvalue weighted by Crippen LogP contribution is -2.46. The van der Waals surface area contributed by atoms with Crippen LogP contribution in [0.5, 0.6) is 5.75 Å². The van der Waals surface area contributed by atoms with Crippen molar-refractivity contribution in [1.29, 1.82) is 0 Å². The summed E-state index contributed by atoms with van der Waals surface area (Å²) in [6.07, 6.45) is 3.30. The molecule has 0 radical (unpaired) electrons. The standard InChI is InChI=1S/C19H27N3O3/c1-4-13-25-17-8-6-5-7-16(17)14-21-19(20-2)22-11-9-15(10-12-22)18(23)24-3/h4-8,15H,1,9-14H2,2-3H3,(H,20,21). The number of carbonyl (C=O) groups is 1. The Morgan fingerprint density at radius 2 is 2.12 bits per heavy atom. The third kappa shape index (κ3) is 5.24. The highest BCUT2D eigenvalue weighted by molar-refractivity contribution is 5.80. The molecule has 0 aromatic heterocycles. The highest BCUT2D eigenvalue weighted by atomic mass is 16.5. The van der Waals surface area contributed by atoms with Crippen molar-refractivity contribution in [3.8, 4) is 5.75 Å². The van der Waals surface area contributed by atoms with Crippen LogP contribution in [-0.2, 0) is 16.1 Å². The van der Waals surface area contributed by atoms with E-state index in [1.165, 1.54) is 7.11 Å². The fourth-order valence-electron chi connectivity index (χ4n) is 2.94. The lowest BCUT2D eigenvalue weighted by atomic mass is 9.97. The maximum atomic E-state index is 11.6. The van der Waals surface area contributed by atoms with Crippen LogP contribution in [0.1, 0.15) is 18.4 Å². The van der Waals surface area contributed by atoms with E-state index in [2.05, 4.69) is 21.8 Å². The Hall–Kier alpha value is -2.50. The quantitative estimate of drug-likeness (QED) is 0.371. The Kier molecular flexibility index (Phi) is 7.32. The Labute approximate surface area is 149 Å². The predicted molar refractivity (Wildman–Crippen MR) is 98.6 cm³/mol. The Morgan fingerprint density at radius 3 is 2.76 bits per heavy atom. The van der Waals surface area contributed by atoms with E-state index in [1.807, 2.05) is 24.3 Å². The molecule has 6 nitrogen and oxygen atoms in total. The maximum Gasteiger partial charge on any atom is 0.308 e. The van der Waals surface area contributed by atoms with Crippen LogP contribution in [0.4, 0.5) is 0 Å². The minimum atomic E-state index is -0.115. The van der Waals surface area contributed by atoms with E-state index in [1.54, 1.807) is 13.1 Å². The Bertz CT molecular complexity index is 608. The first kappa shape index (κ1) is 18.8. The van der Waals surface area contributed by atoms with E-state index >= 15 is 0 Å². The van der Waals surface area contributed by atoms with Crippen LogP contribution in [0.15, 0.2) is 41.9 Å². The lowest BCUT2D eigenvalue weighted by Gasteiger charge is -2.33. The van der Waals surface area contributed by atoms with Gasteiger partial charge in [0.2, 0.25) is 0 Å². The van der Waals surface area contributed by atoms with Gasteiger partial charge in [-0.3, -0.25) is 9.79 Å². The summed E-state index contributed by atoms with van der Waals surface area (Å²) in [4.78, 5) is 18.2. The average molecular weight is 345 g/mol. The molecule has 0 amide bonds. The van der Waals surface area contributed by atoms with Crippen LogP contribution in [-0.4, -0.2) is 50.7 Å². The molecule has 2 rings (SSSR count). The minimum absolute atomic E-state index is 0.00705. The SMILES string of the molecule is C=CCOc1ccccc1CNC(=NC)N1CCC(C(=O)OC)CC1. The summed E-state index contributed by atoms with van der Waals surface area (Å²) in [5.41, 5.74) is 1.06. The van der Waals surface area contributed by atoms with Crippen molar-refractivity contribution in [3.63, 3.8) is 0 Å². The molecule has 0 saturated carbocycles. The predicted octanol–water partition coefficient (Wildman–Crippen LogP) is 2.21. The number of methoxy groups -OCH3 is 1. The van der Waals surface area contributed by atoms with Crippen LogP contribution < -0.4 is 10.1 Å². The third-order valence-corrected chi connectivity index (χ3v) is 4.31. The molecule has 1 aromatic rings. The second-order valence-electron chi connectivity index (χ2n) is 5.89. The van der Waals surface area contributed by atoms with E-state index in [4.69, 9.17) is 9.47 Å². The van der Waals surface area contributed by atoms with E-state index in [0.29, 0.717) is 13.2 Å². The molecule has 0 atom stereocenters. The number of benzene rings is 1. The fraction of sp³-hybridized carbons (Fsp3) is 0.474. The van der Waals surface area contributed by atoms with Crippen molar-refractivity contribution < 1.29 is 14.3 Å². The molecule has 0 spiro atoms.